The number of anilines is 1. The lowest BCUT2D eigenvalue weighted by atomic mass is 10.3. The first-order valence-electron chi connectivity index (χ1n) is 3.37. The van der Waals surface area contributed by atoms with Crippen molar-refractivity contribution in [3.63, 3.8) is 0 Å². The van der Waals surface area contributed by atoms with Gasteiger partial charge in [0.25, 0.3) is 0 Å². The van der Waals surface area contributed by atoms with Crippen molar-refractivity contribution in [2.75, 3.05) is 11.6 Å². The molecule has 12 heavy (non-hydrogen) atoms. The molecule has 2 aromatic rings. The van der Waals surface area contributed by atoms with Gasteiger partial charge in [0.1, 0.15) is 0 Å². The van der Waals surface area contributed by atoms with E-state index in [0.29, 0.717) is 5.02 Å². The molecule has 0 fully saturated rings. The molecular weight excluding hydrogens is 176 g/mol. The Bertz CT molecular complexity index is 434. The van der Waals surface area contributed by atoms with E-state index in [1.165, 1.54) is 4.68 Å². The summed E-state index contributed by atoms with van der Waals surface area (Å²) in [6.07, 6.45) is 0. The van der Waals surface area contributed by atoms with Gasteiger partial charge in [-0.2, -0.15) is 0 Å². The van der Waals surface area contributed by atoms with E-state index in [-0.39, 0.29) is 5.95 Å². The molecular formula is C7H7ClN4. The summed E-state index contributed by atoms with van der Waals surface area (Å²) in [4.78, 5) is 4.01. The Balaban J connectivity index is 2.88. The van der Waals surface area contributed by atoms with E-state index in [9.17, 15) is 0 Å². The number of benzene rings is 1. The maximum Gasteiger partial charge on any atom is 0.220 e. The summed E-state index contributed by atoms with van der Waals surface area (Å²) >= 11 is 5.76. The number of nitrogens with two attached hydrogens (primary N) is 2. The lowest BCUT2D eigenvalue weighted by molar-refractivity contribution is 1.06. The Labute approximate surface area is 73.7 Å². The molecule has 4 N–H and O–H groups in total. The Morgan fingerprint density at radius 3 is 2.92 bits per heavy atom. The predicted octanol–water partition coefficient (Wildman–Crippen LogP) is 0.986. The molecule has 0 saturated heterocycles. The Morgan fingerprint density at radius 2 is 2.17 bits per heavy atom. The van der Waals surface area contributed by atoms with E-state index in [1.807, 2.05) is 0 Å². The molecule has 4 nitrogen and oxygen atoms in total. The van der Waals surface area contributed by atoms with Gasteiger partial charge in [0.05, 0.1) is 11.0 Å². The number of halogens is 1. The van der Waals surface area contributed by atoms with E-state index in [2.05, 4.69) is 4.98 Å². The standard InChI is InChI=1S/C7H7ClN4/c8-4-1-2-5-6(3-4)12(10)7(9)11-5/h1-3H,10H2,(H2,9,11). The van der Waals surface area contributed by atoms with E-state index in [0.717, 1.165) is 11.0 Å². The third-order valence-corrected chi connectivity index (χ3v) is 1.91. The van der Waals surface area contributed by atoms with Crippen LogP contribution in [0.3, 0.4) is 0 Å². The molecule has 62 valence electrons. The minimum atomic E-state index is 0.285. The highest BCUT2D eigenvalue weighted by atomic mass is 35.5. The summed E-state index contributed by atoms with van der Waals surface area (Å²) in [5.74, 6) is 5.86. The number of aromatic nitrogens is 2. The number of imidazole rings is 1. The van der Waals surface area contributed by atoms with Crippen LogP contribution in [0.1, 0.15) is 0 Å². The number of nitrogens with zero attached hydrogens (tertiary/aromatic N) is 2. The summed E-state index contributed by atoms with van der Waals surface area (Å²) in [5, 5.41) is 0.620. The molecule has 0 amide bonds. The van der Waals surface area contributed by atoms with Crippen molar-refractivity contribution in [1.29, 1.82) is 0 Å². The van der Waals surface area contributed by atoms with Crippen LogP contribution < -0.4 is 11.6 Å². The van der Waals surface area contributed by atoms with Crippen molar-refractivity contribution >= 4 is 28.6 Å². The molecule has 0 spiro atoms. The lowest BCUT2D eigenvalue weighted by Gasteiger charge is -1.95. The number of nitrogen functional groups attached to an aromatic ring is 2. The van der Waals surface area contributed by atoms with Crippen LogP contribution in [0.4, 0.5) is 5.95 Å². The van der Waals surface area contributed by atoms with Gasteiger partial charge in [0.2, 0.25) is 5.95 Å². The molecule has 0 aliphatic rings. The molecule has 1 heterocycles. The second-order valence-electron chi connectivity index (χ2n) is 2.47. The van der Waals surface area contributed by atoms with Crippen LogP contribution in [0.5, 0.6) is 0 Å². The molecule has 1 aromatic carbocycles. The van der Waals surface area contributed by atoms with Gasteiger partial charge < -0.3 is 11.6 Å². The maximum absolute atomic E-state index is 5.76. The quantitative estimate of drug-likeness (QED) is 0.597. The van der Waals surface area contributed by atoms with E-state index in [4.69, 9.17) is 23.2 Å². The van der Waals surface area contributed by atoms with Crippen LogP contribution in [-0.2, 0) is 0 Å². The summed E-state index contributed by atoms with van der Waals surface area (Å²) < 4.78 is 1.31. The SMILES string of the molecule is Nc1nc2ccc(Cl)cc2n1N. The topological polar surface area (TPSA) is 69.9 Å². The number of hydrogen-bond donors (Lipinski definition) is 2. The van der Waals surface area contributed by atoms with Gasteiger partial charge in [-0.3, -0.25) is 0 Å². The first-order chi connectivity index (χ1) is 5.68. The fourth-order valence-corrected chi connectivity index (χ4v) is 1.25. The van der Waals surface area contributed by atoms with Crippen LogP contribution in [0, 0.1) is 0 Å². The first kappa shape index (κ1) is 7.24. The van der Waals surface area contributed by atoms with E-state index in [1.54, 1.807) is 18.2 Å². The van der Waals surface area contributed by atoms with Gasteiger partial charge >= 0.3 is 0 Å². The van der Waals surface area contributed by atoms with Crippen molar-refractivity contribution < 1.29 is 0 Å². The Morgan fingerprint density at radius 1 is 1.42 bits per heavy atom. The first-order valence-corrected chi connectivity index (χ1v) is 3.75. The molecule has 0 bridgehead atoms. The zero-order valence-corrected chi connectivity index (χ0v) is 6.92. The number of hydrogen-bond acceptors (Lipinski definition) is 3. The summed E-state index contributed by atoms with van der Waals surface area (Å²) in [6.45, 7) is 0. The van der Waals surface area contributed by atoms with Crippen LogP contribution in [0.25, 0.3) is 11.0 Å². The predicted molar refractivity (Wildman–Crippen MR) is 49.3 cm³/mol. The lowest BCUT2D eigenvalue weighted by Crippen LogP contribution is -2.11. The second kappa shape index (κ2) is 2.28. The van der Waals surface area contributed by atoms with Crippen molar-refractivity contribution in [1.82, 2.24) is 9.66 Å². The maximum atomic E-state index is 5.76. The molecule has 0 aliphatic carbocycles. The normalized spacial score (nSPS) is 10.8. The van der Waals surface area contributed by atoms with Crippen molar-refractivity contribution in [2.45, 2.75) is 0 Å². The van der Waals surface area contributed by atoms with Gasteiger partial charge in [0, 0.05) is 5.02 Å². The highest BCUT2D eigenvalue weighted by Crippen LogP contribution is 2.19. The van der Waals surface area contributed by atoms with Crippen molar-refractivity contribution in [2.24, 2.45) is 0 Å². The fourth-order valence-electron chi connectivity index (χ4n) is 1.08. The van der Waals surface area contributed by atoms with Crippen LogP contribution >= 0.6 is 11.6 Å². The highest BCUT2D eigenvalue weighted by molar-refractivity contribution is 6.31. The fraction of sp³-hybridized carbons (Fsp3) is 0. The molecule has 0 saturated carbocycles. The van der Waals surface area contributed by atoms with Gasteiger partial charge in [-0.15, -0.1) is 0 Å². The average Bonchev–Trinajstić information content (AvgIpc) is 2.31. The van der Waals surface area contributed by atoms with E-state index < -0.39 is 0 Å². The van der Waals surface area contributed by atoms with Gasteiger partial charge in [-0.25, -0.2) is 9.66 Å². The van der Waals surface area contributed by atoms with Crippen molar-refractivity contribution in [3.05, 3.63) is 23.2 Å². The van der Waals surface area contributed by atoms with E-state index >= 15 is 0 Å². The Hall–Kier alpha value is -1.42. The molecule has 0 unspecified atom stereocenters. The average molecular weight is 183 g/mol. The third kappa shape index (κ3) is 0.887. The molecule has 1 aromatic heterocycles. The highest BCUT2D eigenvalue weighted by Gasteiger charge is 2.04. The third-order valence-electron chi connectivity index (χ3n) is 1.68. The number of fused-ring (bicyclic) bond motifs is 1. The summed E-state index contributed by atoms with van der Waals surface area (Å²) in [6, 6.07) is 5.24. The van der Waals surface area contributed by atoms with Gasteiger partial charge in [0.15, 0.2) is 0 Å². The largest absolute Gasteiger partial charge is 0.368 e. The molecule has 0 radical (unpaired) electrons. The second-order valence-corrected chi connectivity index (χ2v) is 2.91. The zero-order chi connectivity index (χ0) is 8.72. The minimum absolute atomic E-state index is 0.285. The van der Waals surface area contributed by atoms with Crippen LogP contribution in [0.15, 0.2) is 18.2 Å². The smallest absolute Gasteiger partial charge is 0.220 e. The van der Waals surface area contributed by atoms with Gasteiger partial charge in [-0.1, -0.05) is 11.6 Å². The summed E-state index contributed by atoms with van der Waals surface area (Å²) in [7, 11) is 0. The van der Waals surface area contributed by atoms with Gasteiger partial charge in [-0.05, 0) is 18.2 Å². The Kier molecular flexibility index (Phi) is 1.38. The molecule has 5 heteroatoms. The molecule has 0 aliphatic heterocycles. The van der Waals surface area contributed by atoms with Crippen LogP contribution in [0.2, 0.25) is 5.02 Å². The monoisotopic (exact) mass is 182 g/mol. The minimum Gasteiger partial charge on any atom is -0.368 e. The summed E-state index contributed by atoms with van der Waals surface area (Å²) in [5.41, 5.74) is 6.97. The van der Waals surface area contributed by atoms with Crippen LogP contribution in [-0.4, -0.2) is 9.66 Å². The molecule has 2 rings (SSSR count). The van der Waals surface area contributed by atoms with Crippen molar-refractivity contribution in [3.8, 4) is 0 Å². The zero-order valence-electron chi connectivity index (χ0n) is 6.16. The number of rotatable bonds is 0. The molecule has 0 atom stereocenters.